The number of hydrogen-bond donors (Lipinski definition) is 0. The minimum atomic E-state index is 1.12. The Morgan fingerprint density at radius 3 is 1.19 bits per heavy atom. The van der Waals surface area contributed by atoms with Crippen LogP contribution in [-0.2, 0) is 0 Å². The van der Waals surface area contributed by atoms with Gasteiger partial charge in [0.25, 0.3) is 0 Å². The lowest BCUT2D eigenvalue weighted by atomic mass is 9.93. The smallest absolute Gasteiger partial charge is 0.0546 e. The Morgan fingerprint density at radius 1 is 0.271 bits per heavy atom. The third kappa shape index (κ3) is 5.52. The molecule has 0 saturated carbocycles. The molecule has 10 aromatic carbocycles. The van der Waals surface area contributed by atoms with Crippen molar-refractivity contribution in [2.45, 2.75) is 6.92 Å². The molecule has 12 rings (SSSR count). The molecule has 12 aromatic rings. The SMILES string of the molecule is Cc1ccc2sc3ccc(N(c4ccccc4)c4cc5c6ccccc6c(N(c6ccccc6)c6ccc7sc8ccccc8c7c6)cc5c5ccccc45)cc3c2c1. The predicted molar refractivity (Wildman–Crippen MR) is 259 cm³/mol. The number of hydrogen-bond acceptors (Lipinski definition) is 4. The fourth-order valence-corrected chi connectivity index (χ4v) is 11.3. The predicted octanol–water partition coefficient (Wildman–Crippen LogP) is 17.1. The van der Waals surface area contributed by atoms with Crippen LogP contribution < -0.4 is 9.80 Å². The highest BCUT2D eigenvalue weighted by atomic mass is 32.1. The number of para-hydroxylation sites is 2. The molecule has 0 aliphatic carbocycles. The maximum absolute atomic E-state index is 2.46. The summed E-state index contributed by atoms with van der Waals surface area (Å²) in [5.41, 5.74) is 8.11. The molecule has 0 aliphatic rings. The highest BCUT2D eigenvalue weighted by Crippen LogP contribution is 2.49. The van der Waals surface area contributed by atoms with Gasteiger partial charge in [-0.15, -0.1) is 22.7 Å². The lowest BCUT2D eigenvalue weighted by Crippen LogP contribution is -2.11. The van der Waals surface area contributed by atoms with E-state index in [0.29, 0.717) is 0 Å². The molecule has 0 N–H and O–H groups in total. The van der Waals surface area contributed by atoms with Crippen LogP contribution in [0.2, 0.25) is 0 Å². The fraction of sp³-hybridized carbons (Fsp3) is 0.0182. The molecule has 0 unspecified atom stereocenters. The quantitative estimate of drug-likeness (QED) is 0.155. The molecule has 0 amide bonds. The van der Waals surface area contributed by atoms with Crippen LogP contribution in [0.3, 0.4) is 0 Å². The minimum Gasteiger partial charge on any atom is -0.310 e. The zero-order valence-electron chi connectivity index (χ0n) is 32.3. The number of rotatable bonds is 6. The van der Waals surface area contributed by atoms with E-state index in [0.717, 1.165) is 34.1 Å². The van der Waals surface area contributed by atoms with Gasteiger partial charge in [0, 0.05) is 73.9 Å². The second-order valence-corrected chi connectivity index (χ2v) is 17.5. The fourth-order valence-electron chi connectivity index (χ4n) is 9.16. The Bertz CT molecular complexity index is 3580. The van der Waals surface area contributed by atoms with E-state index < -0.39 is 0 Å². The van der Waals surface area contributed by atoms with Crippen LogP contribution in [-0.4, -0.2) is 0 Å². The van der Waals surface area contributed by atoms with Gasteiger partial charge in [0.2, 0.25) is 0 Å². The topological polar surface area (TPSA) is 6.48 Å². The zero-order valence-corrected chi connectivity index (χ0v) is 33.9. The molecule has 2 heterocycles. The van der Waals surface area contributed by atoms with E-state index in [4.69, 9.17) is 0 Å². The van der Waals surface area contributed by atoms with Crippen LogP contribution in [0.1, 0.15) is 5.56 Å². The zero-order chi connectivity index (χ0) is 39.0. The number of aryl methyl sites for hydroxylation is 1. The first kappa shape index (κ1) is 34.1. The van der Waals surface area contributed by atoms with Gasteiger partial charge in [0.15, 0.2) is 0 Å². The summed E-state index contributed by atoms with van der Waals surface area (Å²) in [4.78, 5) is 4.91. The van der Waals surface area contributed by atoms with E-state index >= 15 is 0 Å². The average molecular weight is 789 g/mol. The summed E-state index contributed by atoms with van der Waals surface area (Å²) in [7, 11) is 0. The Morgan fingerprint density at radius 2 is 0.661 bits per heavy atom. The summed E-state index contributed by atoms with van der Waals surface area (Å²) in [6, 6.07) is 74.0. The summed E-state index contributed by atoms with van der Waals surface area (Å²) in [5.74, 6) is 0. The number of nitrogens with zero attached hydrogens (tertiary/aromatic N) is 2. The van der Waals surface area contributed by atoms with Gasteiger partial charge in [0.05, 0.1) is 11.4 Å². The molecule has 59 heavy (non-hydrogen) atoms. The first-order chi connectivity index (χ1) is 29.2. The van der Waals surface area contributed by atoms with Gasteiger partial charge in [-0.3, -0.25) is 0 Å². The third-order valence-corrected chi connectivity index (χ3v) is 14.1. The van der Waals surface area contributed by atoms with Crippen LogP contribution in [0.5, 0.6) is 0 Å². The van der Waals surface area contributed by atoms with Crippen molar-refractivity contribution >= 4 is 129 Å². The first-order valence-corrected chi connectivity index (χ1v) is 21.7. The van der Waals surface area contributed by atoms with Crippen LogP contribution >= 0.6 is 22.7 Å². The summed E-state index contributed by atoms with van der Waals surface area (Å²) in [6.45, 7) is 2.18. The van der Waals surface area contributed by atoms with Gasteiger partial charge in [-0.1, -0.05) is 115 Å². The normalized spacial score (nSPS) is 11.8. The Kier molecular flexibility index (Phi) is 7.84. The molecule has 0 saturated heterocycles. The average Bonchev–Trinajstić information content (AvgIpc) is 3.85. The second-order valence-electron chi connectivity index (χ2n) is 15.4. The van der Waals surface area contributed by atoms with Crippen molar-refractivity contribution in [1.82, 2.24) is 0 Å². The number of anilines is 6. The van der Waals surface area contributed by atoms with Crippen LogP contribution in [0.25, 0.3) is 72.7 Å². The molecular formula is C55H36N2S2. The van der Waals surface area contributed by atoms with Gasteiger partial charge in [-0.2, -0.15) is 0 Å². The van der Waals surface area contributed by atoms with E-state index in [-0.39, 0.29) is 0 Å². The third-order valence-electron chi connectivity index (χ3n) is 11.8. The number of benzene rings is 10. The molecule has 0 spiro atoms. The molecule has 278 valence electrons. The molecule has 0 fully saturated rings. The van der Waals surface area contributed by atoms with Crippen molar-refractivity contribution in [3.63, 3.8) is 0 Å². The molecule has 0 aliphatic heterocycles. The van der Waals surface area contributed by atoms with Crippen LogP contribution in [0, 0.1) is 6.92 Å². The molecular weight excluding hydrogens is 753 g/mol. The van der Waals surface area contributed by atoms with Crippen LogP contribution in [0.4, 0.5) is 34.1 Å². The first-order valence-electron chi connectivity index (χ1n) is 20.1. The lowest BCUT2D eigenvalue weighted by molar-refractivity contribution is 1.30. The van der Waals surface area contributed by atoms with Gasteiger partial charge < -0.3 is 9.80 Å². The highest BCUT2D eigenvalue weighted by Gasteiger charge is 2.23. The minimum absolute atomic E-state index is 1.12. The van der Waals surface area contributed by atoms with Gasteiger partial charge in [-0.05, 0) is 119 Å². The van der Waals surface area contributed by atoms with E-state index in [2.05, 4.69) is 217 Å². The van der Waals surface area contributed by atoms with Crippen molar-refractivity contribution < 1.29 is 0 Å². The van der Waals surface area contributed by atoms with E-state index in [9.17, 15) is 0 Å². The lowest BCUT2D eigenvalue weighted by Gasteiger charge is -2.30. The molecule has 0 radical (unpaired) electrons. The Hall–Kier alpha value is -6.98. The van der Waals surface area contributed by atoms with Crippen molar-refractivity contribution in [3.05, 3.63) is 206 Å². The van der Waals surface area contributed by atoms with Gasteiger partial charge >= 0.3 is 0 Å². The summed E-state index contributed by atoms with van der Waals surface area (Å²) < 4.78 is 5.24. The number of thiophene rings is 2. The largest absolute Gasteiger partial charge is 0.310 e. The Labute approximate surface area is 350 Å². The number of fused-ring (bicyclic) bond motifs is 11. The van der Waals surface area contributed by atoms with Gasteiger partial charge in [0.1, 0.15) is 0 Å². The monoisotopic (exact) mass is 788 g/mol. The maximum Gasteiger partial charge on any atom is 0.0546 e. The molecule has 0 atom stereocenters. The van der Waals surface area contributed by atoms with Crippen molar-refractivity contribution in [2.75, 3.05) is 9.80 Å². The summed E-state index contributed by atoms with van der Waals surface area (Å²) in [6.07, 6.45) is 0. The van der Waals surface area contributed by atoms with Crippen molar-refractivity contribution in [1.29, 1.82) is 0 Å². The Balaban J connectivity index is 1.13. The standard InChI is InChI=1S/C55H36N2S2/c1-35-24-27-53-47(30-35)49-32-39(26-29-55(49)59-53)57(37-16-6-3-7-17-37)51-34-46-40-18-8-10-20-42(40)50(33-45(46)41-19-9-11-21-43(41)51)56(36-14-4-2-5-15-36)38-25-28-54-48(31-38)44-22-12-13-23-52(44)58-54/h2-34H,1H3. The second kappa shape index (κ2) is 13.6. The van der Waals surface area contributed by atoms with Gasteiger partial charge in [-0.25, -0.2) is 0 Å². The summed E-state index contributed by atoms with van der Waals surface area (Å²) >= 11 is 3.73. The molecule has 4 heteroatoms. The van der Waals surface area contributed by atoms with E-state index in [1.165, 1.54) is 78.2 Å². The maximum atomic E-state index is 2.46. The summed E-state index contributed by atoms with van der Waals surface area (Å²) in [5, 5.41) is 12.5. The van der Waals surface area contributed by atoms with Crippen LogP contribution in [0.15, 0.2) is 200 Å². The molecule has 2 nitrogen and oxygen atoms in total. The van der Waals surface area contributed by atoms with E-state index in [1.54, 1.807) is 0 Å². The van der Waals surface area contributed by atoms with E-state index in [1.807, 2.05) is 22.7 Å². The highest BCUT2D eigenvalue weighted by molar-refractivity contribution is 7.26. The molecule has 2 aromatic heterocycles. The molecule has 0 bridgehead atoms. The van der Waals surface area contributed by atoms with Crippen molar-refractivity contribution in [3.8, 4) is 0 Å². The van der Waals surface area contributed by atoms with Crippen molar-refractivity contribution in [2.24, 2.45) is 0 Å².